The Morgan fingerprint density at radius 3 is 2.15 bits per heavy atom. The molecule has 0 aromatic heterocycles. The maximum atomic E-state index is 12.9. The van der Waals surface area contributed by atoms with E-state index in [1.165, 1.54) is 17.8 Å². The van der Waals surface area contributed by atoms with E-state index in [4.69, 9.17) is 0 Å². The summed E-state index contributed by atoms with van der Waals surface area (Å²) in [5.74, 6) is -1.37. The second-order valence-corrected chi connectivity index (χ2v) is 9.21. The number of aromatic carboxylic acids is 1. The fourth-order valence-electron chi connectivity index (χ4n) is 3.44. The van der Waals surface area contributed by atoms with Crippen molar-refractivity contribution < 1.29 is 19.5 Å². The highest BCUT2D eigenvalue weighted by Crippen LogP contribution is 2.26. The number of hydrogen-bond donors (Lipinski definition) is 3. The molecule has 0 radical (unpaired) electrons. The maximum absolute atomic E-state index is 12.9. The summed E-state index contributed by atoms with van der Waals surface area (Å²) < 4.78 is 0.815. The summed E-state index contributed by atoms with van der Waals surface area (Å²) in [4.78, 5) is 37.7. The van der Waals surface area contributed by atoms with Gasteiger partial charge in [0.2, 0.25) is 5.91 Å². The van der Waals surface area contributed by atoms with Crippen LogP contribution in [-0.4, -0.2) is 28.6 Å². The van der Waals surface area contributed by atoms with Crippen LogP contribution in [-0.2, 0) is 4.79 Å². The van der Waals surface area contributed by atoms with Crippen molar-refractivity contribution >= 4 is 67.6 Å². The normalized spacial score (nSPS) is 10.6. The molecule has 4 aromatic rings. The lowest BCUT2D eigenvalue weighted by atomic mass is 9.98. The molecular weight excluding hydrogens is 516 g/mol. The summed E-state index contributed by atoms with van der Waals surface area (Å²) in [5.41, 5.74) is 1.65. The van der Waals surface area contributed by atoms with Crippen LogP contribution in [0.25, 0.3) is 10.8 Å². The van der Waals surface area contributed by atoms with Gasteiger partial charge >= 0.3 is 5.97 Å². The number of para-hydroxylation sites is 1. The van der Waals surface area contributed by atoms with Crippen LogP contribution in [0, 0.1) is 0 Å². The molecule has 0 aliphatic rings. The second-order valence-electron chi connectivity index (χ2n) is 7.31. The summed E-state index contributed by atoms with van der Waals surface area (Å²) in [6, 6.07) is 24.5. The third-order valence-corrected chi connectivity index (χ3v) is 6.71. The molecule has 8 heteroatoms. The van der Waals surface area contributed by atoms with Crippen LogP contribution in [0.1, 0.15) is 20.7 Å². The molecule has 170 valence electrons. The Morgan fingerprint density at radius 2 is 1.47 bits per heavy atom. The molecule has 0 heterocycles. The fraction of sp³-hybridized carbons (Fsp3) is 0.0385. The highest BCUT2D eigenvalue weighted by Gasteiger charge is 2.16. The zero-order valence-corrected chi connectivity index (χ0v) is 20.2. The zero-order chi connectivity index (χ0) is 24.1. The van der Waals surface area contributed by atoms with Crippen LogP contribution in [0.4, 0.5) is 11.4 Å². The Kier molecular flexibility index (Phi) is 7.30. The van der Waals surface area contributed by atoms with Crippen LogP contribution < -0.4 is 10.6 Å². The monoisotopic (exact) mass is 534 g/mol. The molecule has 0 fully saturated rings. The van der Waals surface area contributed by atoms with E-state index in [2.05, 4.69) is 26.6 Å². The van der Waals surface area contributed by atoms with Crippen molar-refractivity contribution in [1.82, 2.24) is 0 Å². The number of benzene rings is 4. The Labute approximate surface area is 208 Å². The Balaban J connectivity index is 1.41. The molecule has 6 nitrogen and oxygen atoms in total. The Morgan fingerprint density at radius 1 is 0.794 bits per heavy atom. The largest absolute Gasteiger partial charge is 0.478 e. The molecule has 0 bridgehead atoms. The number of amides is 2. The van der Waals surface area contributed by atoms with Crippen LogP contribution in [0.5, 0.6) is 0 Å². The molecule has 2 amide bonds. The van der Waals surface area contributed by atoms with Crippen molar-refractivity contribution in [3.63, 3.8) is 0 Å². The first-order valence-corrected chi connectivity index (χ1v) is 12.0. The second kappa shape index (κ2) is 10.5. The fourth-order valence-corrected chi connectivity index (χ4v) is 4.52. The summed E-state index contributed by atoms with van der Waals surface area (Å²) in [6.07, 6.45) is 0. The average molecular weight is 535 g/mol. The first kappa shape index (κ1) is 23.5. The molecule has 0 saturated heterocycles. The van der Waals surface area contributed by atoms with Gasteiger partial charge in [-0.3, -0.25) is 9.59 Å². The number of carboxylic acid groups (broad SMARTS) is 1. The molecule has 3 N–H and O–H groups in total. The van der Waals surface area contributed by atoms with E-state index in [0.717, 1.165) is 9.37 Å². The van der Waals surface area contributed by atoms with Gasteiger partial charge in [0.05, 0.1) is 17.0 Å². The summed E-state index contributed by atoms with van der Waals surface area (Å²) in [7, 11) is 0. The molecule has 4 rings (SSSR count). The minimum Gasteiger partial charge on any atom is -0.478 e. The predicted octanol–water partition coefficient (Wildman–Crippen LogP) is 6.28. The number of rotatable bonds is 7. The van der Waals surface area contributed by atoms with Gasteiger partial charge < -0.3 is 15.7 Å². The van der Waals surface area contributed by atoms with E-state index >= 15 is 0 Å². The SMILES string of the molecule is O=C(CSc1ccc(NC(=O)c2cccc3cccc(C(=O)O)c23)cc1)Nc1ccccc1Br. The van der Waals surface area contributed by atoms with Gasteiger partial charge in [0, 0.05) is 26.0 Å². The van der Waals surface area contributed by atoms with E-state index in [0.29, 0.717) is 22.1 Å². The van der Waals surface area contributed by atoms with Gasteiger partial charge in [-0.2, -0.15) is 0 Å². The molecule has 0 unspecified atom stereocenters. The van der Waals surface area contributed by atoms with Gasteiger partial charge in [-0.15, -0.1) is 11.8 Å². The number of carbonyl (C=O) groups excluding carboxylic acids is 2. The molecule has 4 aromatic carbocycles. The topological polar surface area (TPSA) is 95.5 Å². The van der Waals surface area contributed by atoms with Crippen LogP contribution in [0.3, 0.4) is 0 Å². The van der Waals surface area contributed by atoms with E-state index < -0.39 is 11.9 Å². The van der Waals surface area contributed by atoms with E-state index in [9.17, 15) is 19.5 Å². The number of nitrogens with one attached hydrogen (secondary N) is 2. The van der Waals surface area contributed by atoms with Gasteiger partial charge in [-0.25, -0.2) is 4.79 Å². The van der Waals surface area contributed by atoms with Crippen molar-refractivity contribution in [2.75, 3.05) is 16.4 Å². The van der Waals surface area contributed by atoms with Crippen molar-refractivity contribution in [2.24, 2.45) is 0 Å². The Hall–Kier alpha value is -3.62. The molecule has 0 saturated carbocycles. The lowest BCUT2D eigenvalue weighted by molar-refractivity contribution is -0.113. The van der Waals surface area contributed by atoms with Gasteiger partial charge in [-0.05, 0) is 69.8 Å². The first-order chi connectivity index (χ1) is 16.4. The number of carboxylic acids is 1. The van der Waals surface area contributed by atoms with E-state index in [1.807, 2.05) is 36.4 Å². The summed E-state index contributed by atoms with van der Waals surface area (Å²) in [5, 5.41) is 16.3. The predicted molar refractivity (Wildman–Crippen MR) is 139 cm³/mol. The van der Waals surface area contributed by atoms with Crippen molar-refractivity contribution in [2.45, 2.75) is 4.90 Å². The first-order valence-electron chi connectivity index (χ1n) is 10.3. The molecule has 0 atom stereocenters. The average Bonchev–Trinajstić information content (AvgIpc) is 2.84. The number of anilines is 2. The third-order valence-electron chi connectivity index (χ3n) is 5.01. The summed E-state index contributed by atoms with van der Waals surface area (Å²) in [6.45, 7) is 0. The molecule has 0 aliphatic carbocycles. The highest BCUT2D eigenvalue weighted by molar-refractivity contribution is 9.10. The lowest BCUT2D eigenvalue weighted by Crippen LogP contribution is -2.14. The Bertz CT molecular complexity index is 1380. The quantitative estimate of drug-likeness (QED) is 0.242. The standard InChI is InChI=1S/C26H19BrN2O4S/c27-21-9-1-2-10-22(21)29-23(30)15-34-18-13-11-17(12-14-18)28-25(31)19-7-3-5-16-6-4-8-20(24(16)19)26(32)33/h1-14H,15H2,(H,28,31)(H,29,30)(H,32,33). The molecule has 34 heavy (non-hydrogen) atoms. The van der Waals surface area contributed by atoms with Gasteiger partial charge in [0.15, 0.2) is 0 Å². The minimum absolute atomic E-state index is 0.0795. The smallest absolute Gasteiger partial charge is 0.336 e. The summed E-state index contributed by atoms with van der Waals surface area (Å²) >= 11 is 4.78. The number of carbonyl (C=O) groups is 3. The van der Waals surface area contributed by atoms with E-state index in [-0.39, 0.29) is 22.8 Å². The van der Waals surface area contributed by atoms with Crippen molar-refractivity contribution in [1.29, 1.82) is 0 Å². The van der Waals surface area contributed by atoms with Gasteiger partial charge in [-0.1, -0.05) is 36.4 Å². The lowest BCUT2D eigenvalue weighted by Gasteiger charge is -2.11. The molecular formula is C26H19BrN2O4S. The number of halogens is 1. The van der Waals surface area contributed by atoms with Crippen molar-refractivity contribution in [3.8, 4) is 0 Å². The molecule has 0 aliphatic heterocycles. The highest BCUT2D eigenvalue weighted by atomic mass is 79.9. The van der Waals surface area contributed by atoms with Crippen LogP contribution in [0.2, 0.25) is 0 Å². The van der Waals surface area contributed by atoms with Crippen LogP contribution in [0.15, 0.2) is 94.3 Å². The number of fused-ring (bicyclic) bond motifs is 1. The third kappa shape index (κ3) is 5.47. The number of thioether (sulfide) groups is 1. The van der Waals surface area contributed by atoms with Gasteiger partial charge in [0.1, 0.15) is 0 Å². The molecule has 0 spiro atoms. The van der Waals surface area contributed by atoms with Crippen molar-refractivity contribution in [3.05, 3.63) is 101 Å². The van der Waals surface area contributed by atoms with E-state index in [1.54, 1.807) is 42.5 Å². The van der Waals surface area contributed by atoms with Crippen LogP contribution >= 0.6 is 27.7 Å². The maximum Gasteiger partial charge on any atom is 0.336 e. The minimum atomic E-state index is -1.09. The number of hydrogen-bond acceptors (Lipinski definition) is 4. The van der Waals surface area contributed by atoms with Gasteiger partial charge in [0.25, 0.3) is 5.91 Å². The zero-order valence-electron chi connectivity index (χ0n) is 17.7.